The summed E-state index contributed by atoms with van der Waals surface area (Å²) in [4.78, 5) is 17.9. The SMILES string of the molecule is CN(C(=O)Cn1ccnc1Cl)C1CCCCC1. The molecule has 0 aliphatic heterocycles. The largest absolute Gasteiger partial charge is 0.341 e. The maximum absolute atomic E-state index is 12.1. The molecule has 1 saturated carbocycles. The van der Waals surface area contributed by atoms with E-state index in [1.54, 1.807) is 17.0 Å². The molecule has 0 unspecified atom stereocenters. The van der Waals surface area contributed by atoms with Crippen LogP contribution in [-0.2, 0) is 11.3 Å². The fraction of sp³-hybridized carbons (Fsp3) is 0.667. The Balaban J connectivity index is 1.93. The van der Waals surface area contributed by atoms with Crippen molar-refractivity contribution >= 4 is 17.5 Å². The Morgan fingerprint density at radius 1 is 1.53 bits per heavy atom. The van der Waals surface area contributed by atoms with Gasteiger partial charge in [0.2, 0.25) is 11.2 Å². The lowest BCUT2D eigenvalue weighted by molar-refractivity contribution is -0.133. The van der Waals surface area contributed by atoms with E-state index in [0.29, 0.717) is 11.3 Å². The van der Waals surface area contributed by atoms with E-state index >= 15 is 0 Å². The molecule has 0 saturated heterocycles. The number of hydrogen-bond donors (Lipinski definition) is 0. The minimum Gasteiger partial charge on any atom is -0.341 e. The molecule has 1 aromatic heterocycles. The summed E-state index contributed by atoms with van der Waals surface area (Å²) in [5, 5.41) is 0.371. The molecular weight excluding hydrogens is 238 g/mol. The Kier molecular flexibility index (Phi) is 4.05. The Hall–Kier alpha value is -1.03. The Morgan fingerprint density at radius 3 is 2.82 bits per heavy atom. The fourth-order valence-electron chi connectivity index (χ4n) is 2.36. The summed E-state index contributed by atoms with van der Waals surface area (Å²) in [6.07, 6.45) is 9.35. The van der Waals surface area contributed by atoms with Crippen molar-refractivity contribution in [3.05, 3.63) is 17.7 Å². The van der Waals surface area contributed by atoms with Gasteiger partial charge in [-0.2, -0.15) is 0 Å². The lowest BCUT2D eigenvalue weighted by Gasteiger charge is -2.31. The third kappa shape index (κ3) is 3.00. The highest BCUT2D eigenvalue weighted by atomic mass is 35.5. The molecule has 0 spiro atoms. The van der Waals surface area contributed by atoms with Crippen LogP contribution in [-0.4, -0.2) is 33.4 Å². The molecule has 1 amide bonds. The molecule has 1 heterocycles. The third-order valence-corrected chi connectivity index (χ3v) is 3.80. The third-order valence-electron chi connectivity index (χ3n) is 3.49. The Labute approximate surface area is 107 Å². The van der Waals surface area contributed by atoms with Gasteiger partial charge in [0, 0.05) is 25.5 Å². The van der Waals surface area contributed by atoms with Crippen LogP contribution in [0.5, 0.6) is 0 Å². The van der Waals surface area contributed by atoms with E-state index in [-0.39, 0.29) is 12.5 Å². The van der Waals surface area contributed by atoms with Crippen molar-refractivity contribution in [3.8, 4) is 0 Å². The Morgan fingerprint density at radius 2 is 2.24 bits per heavy atom. The van der Waals surface area contributed by atoms with Crippen molar-refractivity contribution in [3.63, 3.8) is 0 Å². The van der Waals surface area contributed by atoms with E-state index in [1.807, 2.05) is 11.9 Å². The molecule has 4 nitrogen and oxygen atoms in total. The van der Waals surface area contributed by atoms with Gasteiger partial charge in [0.1, 0.15) is 6.54 Å². The smallest absolute Gasteiger partial charge is 0.242 e. The minimum atomic E-state index is 0.108. The van der Waals surface area contributed by atoms with Gasteiger partial charge in [0.05, 0.1) is 0 Å². The molecule has 0 atom stereocenters. The van der Waals surface area contributed by atoms with Crippen LogP contribution in [0.4, 0.5) is 0 Å². The Bertz CT molecular complexity index is 385. The first-order valence-electron chi connectivity index (χ1n) is 6.11. The molecule has 0 bridgehead atoms. The predicted octanol–water partition coefficient (Wildman–Crippen LogP) is 2.33. The van der Waals surface area contributed by atoms with Crippen LogP contribution in [0, 0.1) is 0 Å². The van der Waals surface area contributed by atoms with E-state index in [2.05, 4.69) is 4.98 Å². The number of nitrogens with zero attached hydrogens (tertiary/aromatic N) is 3. The summed E-state index contributed by atoms with van der Waals surface area (Å²) >= 11 is 5.86. The maximum Gasteiger partial charge on any atom is 0.242 e. The molecule has 0 N–H and O–H groups in total. The molecule has 1 aliphatic carbocycles. The van der Waals surface area contributed by atoms with Crippen molar-refractivity contribution in [2.45, 2.75) is 44.7 Å². The molecule has 1 aromatic rings. The quantitative estimate of drug-likeness (QED) is 0.832. The summed E-state index contributed by atoms with van der Waals surface area (Å²) in [6, 6.07) is 0.401. The van der Waals surface area contributed by atoms with Crippen molar-refractivity contribution < 1.29 is 4.79 Å². The number of imidazole rings is 1. The average molecular weight is 256 g/mol. The lowest BCUT2D eigenvalue weighted by atomic mass is 9.94. The molecule has 0 radical (unpaired) electrons. The van der Waals surface area contributed by atoms with E-state index in [4.69, 9.17) is 11.6 Å². The van der Waals surface area contributed by atoms with Gasteiger partial charge in [-0.25, -0.2) is 4.98 Å². The second-order valence-corrected chi connectivity index (χ2v) is 4.96. The first-order chi connectivity index (χ1) is 8.18. The normalized spacial score (nSPS) is 17.1. The number of halogens is 1. The fourth-order valence-corrected chi connectivity index (χ4v) is 2.53. The van der Waals surface area contributed by atoms with Crippen LogP contribution in [0.25, 0.3) is 0 Å². The van der Waals surface area contributed by atoms with Crippen LogP contribution in [0.1, 0.15) is 32.1 Å². The topological polar surface area (TPSA) is 38.1 Å². The molecular formula is C12H18ClN3O. The average Bonchev–Trinajstić information content (AvgIpc) is 2.75. The van der Waals surface area contributed by atoms with Gasteiger partial charge in [-0.1, -0.05) is 19.3 Å². The first kappa shape index (κ1) is 12.4. The minimum absolute atomic E-state index is 0.108. The van der Waals surface area contributed by atoms with E-state index in [9.17, 15) is 4.79 Å². The van der Waals surface area contributed by atoms with Crippen molar-refractivity contribution in [2.75, 3.05) is 7.05 Å². The van der Waals surface area contributed by atoms with E-state index in [0.717, 1.165) is 12.8 Å². The van der Waals surface area contributed by atoms with Gasteiger partial charge < -0.3 is 9.47 Å². The predicted molar refractivity (Wildman–Crippen MR) is 66.9 cm³/mol. The van der Waals surface area contributed by atoms with Crippen LogP contribution in [0.3, 0.4) is 0 Å². The van der Waals surface area contributed by atoms with E-state index < -0.39 is 0 Å². The number of carbonyl (C=O) groups is 1. The number of likely N-dealkylation sites (N-methyl/N-ethyl adjacent to an activating group) is 1. The van der Waals surface area contributed by atoms with Gasteiger partial charge in [-0.05, 0) is 24.4 Å². The number of rotatable bonds is 3. The zero-order chi connectivity index (χ0) is 12.3. The molecule has 17 heavy (non-hydrogen) atoms. The van der Waals surface area contributed by atoms with Crippen molar-refractivity contribution in [1.82, 2.24) is 14.5 Å². The number of amides is 1. The standard InChI is InChI=1S/C12H18ClN3O/c1-15(10-5-3-2-4-6-10)11(17)9-16-8-7-14-12(16)13/h7-8,10H,2-6,9H2,1H3. The summed E-state index contributed by atoms with van der Waals surface area (Å²) in [5.74, 6) is 0.108. The summed E-state index contributed by atoms with van der Waals surface area (Å²) in [5.41, 5.74) is 0. The maximum atomic E-state index is 12.1. The summed E-state index contributed by atoms with van der Waals surface area (Å²) < 4.78 is 1.67. The molecule has 5 heteroatoms. The van der Waals surface area contributed by atoms with Gasteiger partial charge >= 0.3 is 0 Å². The van der Waals surface area contributed by atoms with Crippen LogP contribution < -0.4 is 0 Å². The van der Waals surface area contributed by atoms with Crippen LogP contribution in [0.15, 0.2) is 12.4 Å². The monoisotopic (exact) mass is 255 g/mol. The van der Waals surface area contributed by atoms with Crippen molar-refractivity contribution in [1.29, 1.82) is 0 Å². The lowest BCUT2D eigenvalue weighted by Crippen LogP contribution is -2.40. The highest BCUT2D eigenvalue weighted by Crippen LogP contribution is 2.22. The zero-order valence-corrected chi connectivity index (χ0v) is 10.9. The second-order valence-electron chi connectivity index (χ2n) is 4.62. The highest BCUT2D eigenvalue weighted by molar-refractivity contribution is 6.28. The van der Waals surface area contributed by atoms with E-state index in [1.165, 1.54) is 19.3 Å². The van der Waals surface area contributed by atoms with Gasteiger partial charge in [-0.3, -0.25) is 4.79 Å². The molecule has 94 valence electrons. The molecule has 1 aliphatic rings. The second kappa shape index (κ2) is 5.54. The van der Waals surface area contributed by atoms with Gasteiger partial charge in [0.25, 0.3) is 0 Å². The van der Waals surface area contributed by atoms with Crippen LogP contribution in [0.2, 0.25) is 5.28 Å². The summed E-state index contributed by atoms with van der Waals surface area (Å²) in [7, 11) is 1.89. The number of carbonyl (C=O) groups excluding carboxylic acids is 1. The van der Waals surface area contributed by atoms with Gasteiger partial charge in [0.15, 0.2) is 0 Å². The number of aromatic nitrogens is 2. The summed E-state index contributed by atoms with van der Waals surface area (Å²) in [6.45, 7) is 0.284. The number of hydrogen-bond acceptors (Lipinski definition) is 2. The molecule has 1 fully saturated rings. The van der Waals surface area contributed by atoms with Crippen LogP contribution >= 0.6 is 11.6 Å². The van der Waals surface area contributed by atoms with Gasteiger partial charge in [-0.15, -0.1) is 0 Å². The first-order valence-corrected chi connectivity index (χ1v) is 6.48. The molecule has 0 aromatic carbocycles. The molecule has 2 rings (SSSR count). The zero-order valence-electron chi connectivity index (χ0n) is 10.1. The highest BCUT2D eigenvalue weighted by Gasteiger charge is 2.22. The van der Waals surface area contributed by atoms with Crippen molar-refractivity contribution in [2.24, 2.45) is 0 Å².